The summed E-state index contributed by atoms with van der Waals surface area (Å²) in [5.41, 5.74) is 7.82. The molecule has 0 radical (unpaired) electrons. The van der Waals surface area contributed by atoms with Gasteiger partial charge >= 0.3 is 11.3 Å². The van der Waals surface area contributed by atoms with E-state index in [1.54, 1.807) is 0 Å². The van der Waals surface area contributed by atoms with Crippen LogP contribution in [0.25, 0.3) is 0 Å². The highest BCUT2D eigenvalue weighted by Crippen LogP contribution is 1.99. The minimum atomic E-state index is -1.65. The number of nitrogens with two attached hydrogens (primary N) is 1. The molecule has 2 atom stereocenters. The molecule has 0 aromatic carbocycles. The van der Waals surface area contributed by atoms with Crippen molar-refractivity contribution in [3.05, 3.63) is 0 Å². The van der Waals surface area contributed by atoms with E-state index in [1.165, 1.54) is 0 Å². The van der Waals surface area contributed by atoms with Gasteiger partial charge < -0.3 is 5.73 Å². The predicted octanol–water partition coefficient (Wildman–Crippen LogP) is -1.15. The predicted molar refractivity (Wildman–Crippen MR) is 41.2 cm³/mol. The molecule has 0 amide bonds. The lowest BCUT2D eigenvalue weighted by Crippen LogP contribution is -2.37. The van der Waals surface area contributed by atoms with Gasteiger partial charge in [0.15, 0.2) is 5.84 Å². The molecule has 60 valence electrons. The van der Waals surface area contributed by atoms with Gasteiger partial charge in [0.05, 0.1) is 6.04 Å². The van der Waals surface area contributed by atoms with Crippen molar-refractivity contribution in [1.82, 2.24) is 5.48 Å². The summed E-state index contributed by atoms with van der Waals surface area (Å²) in [5, 5.41) is 0. The average molecular weight is 173 g/mol. The fourth-order valence-corrected chi connectivity index (χ4v) is 1.09. The molecule has 1 aliphatic rings. The molecule has 0 spiro atoms. The van der Waals surface area contributed by atoms with E-state index >= 15 is 0 Å². The van der Waals surface area contributed by atoms with Gasteiger partial charge in [-0.1, -0.05) is 0 Å². The van der Waals surface area contributed by atoms with Crippen molar-refractivity contribution in [3.8, 4) is 12.3 Å². The number of hydroxylamine groups is 1. The molecule has 1 aliphatic heterocycles. The number of terminal acetylenes is 1. The van der Waals surface area contributed by atoms with Crippen molar-refractivity contribution < 1.29 is 8.49 Å². The SMILES string of the molecule is C#CC[C@H](N)C1=NS(=O)ON1. The number of nitrogens with zero attached hydrogens (tertiary/aromatic N) is 1. The smallest absolute Gasteiger partial charge is 0.309 e. The second kappa shape index (κ2) is 3.48. The van der Waals surface area contributed by atoms with Gasteiger partial charge in [0.2, 0.25) is 0 Å². The molecule has 6 heteroatoms. The van der Waals surface area contributed by atoms with Crippen LogP contribution in [0.2, 0.25) is 0 Å². The third-order valence-corrected chi connectivity index (χ3v) is 1.65. The molecule has 0 bridgehead atoms. The first kappa shape index (κ1) is 8.20. The van der Waals surface area contributed by atoms with Gasteiger partial charge in [0.25, 0.3) is 0 Å². The van der Waals surface area contributed by atoms with Crippen LogP contribution in [0.15, 0.2) is 4.40 Å². The molecule has 0 fully saturated rings. The molecule has 0 aromatic heterocycles. The van der Waals surface area contributed by atoms with E-state index in [1.807, 2.05) is 0 Å². The van der Waals surface area contributed by atoms with Crippen LogP contribution in [0.5, 0.6) is 0 Å². The Bertz CT molecular complexity index is 245. The molecule has 0 aromatic rings. The van der Waals surface area contributed by atoms with Crippen LogP contribution >= 0.6 is 0 Å². The minimum absolute atomic E-state index is 0.335. The zero-order chi connectivity index (χ0) is 8.27. The zero-order valence-corrected chi connectivity index (χ0v) is 6.43. The summed E-state index contributed by atoms with van der Waals surface area (Å²) in [4.78, 5) is 0. The highest BCUT2D eigenvalue weighted by atomic mass is 32.2. The first-order chi connectivity index (χ1) is 5.24. The minimum Gasteiger partial charge on any atom is -0.321 e. The van der Waals surface area contributed by atoms with Gasteiger partial charge in [0.1, 0.15) is 0 Å². The number of nitrogens with one attached hydrogen (secondary N) is 1. The first-order valence-corrected chi connectivity index (χ1v) is 3.90. The fourth-order valence-electron chi connectivity index (χ4n) is 0.563. The molecule has 1 unspecified atom stereocenters. The largest absolute Gasteiger partial charge is 0.321 e. The number of amidine groups is 1. The van der Waals surface area contributed by atoms with Gasteiger partial charge in [-0.05, 0) is 0 Å². The average Bonchev–Trinajstić information content (AvgIpc) is 2.36. The van der Waals surface area contributed by atoms with Crippen molar-refractivity contribution >= 4 is 17.1 Å². The second-order valence-electron chi connectivity index (χ2n) is 1.89. The third kappa shape index (κ3) is 2.01. The highest BCUT2D eigenvalue weighted by Gasteiger charge is 2.18. The van der Waals surface area contributed by atoms with Gasteiger partial charge in [-0.2, -0.15) is 4.28 Å². The van der Waals surface area contributed by atoms with Crippen molar-refractivity contribution in [2.75, 3.05) is 0 Å². The Balaban J connectivity index is 2.55. The molecule has 3 N–H and O–H groups in total. The maximum absolute atomic E-state index is 10.5. The van der Waals surface area contributed by atoms with Crippen molar-refractivity contribution in [2.24, 2.45) is 10.1 Å². The van der Waals surface area contributed by atoms with E-state index in [-0.39, 0.29) is 0 Å². The highest BCUT2D eigenvalue weighted by molar-refractivity contribution is 7.79. The Morgan fingerprint density at radius 1 is 2.00 bits per heavy atom. The van der Waals surface area contributed by atoms with Crippen molar-refractivity contribution in [3.63, 3.8) is 0 Å². The summed E-state index contributed by atoms with van der Waals surface area (Å²) < 4.78 is 18.4. The quantitative estimate of drug-likeness (QED) is 0.517. The van der Waals surface area contributed by atoms with Gasteiger partial charge in [-0.15, -0.1) is 16.7 Å². The van der Waals surface area contributed by atoms with Crippen LogP contribution < -0.4 is 11.2 Å². The summed E-state index contributed by atoms with van der Waals surface area (Å²) in [5.74, 6) is 2.69. The van der Waals surface area contributed by atoms with Crippen LogP contribution in [-0.4, -0.2) is 16.1 Å². The first-order valence-electron chi connectivity index (χ1n) is 2.87. The van der Waals surface area contributed by atoms with Crippen LogP contribution in [-0.2, 0) is 15.6 Å². The monoisotopic (exact) mass is 173 g/mol. The Hall–Kier alpha value is -0.900. The molecule has 11 heavy (non-hydrogen) atoms. The van der Waals surface area contributed by atoms with E-state index in [9.17, 15) is 4.21 Å². The van der Waals surface area contributed by atoms with Gasteiger partial charge in [0, 0.05) is 6.42 Å². The topological polar surface area (TPSA) is 76.7 Å². The number of hydrogen-bond acceptors (Lipinski definition) is 4. The Labute approximate surface area is 66.8 Å². The molecular weight excluding hydrogens is 166 g/mol. The van der Waals surface area contributed by atoms with E-state index in [4.69, 9.17) is 12.2 Å². The van der Waals surface area contributed by atoms with Crippen molar-refractivity contribution in [1.29, 1.82) is 0 Å². The van der Waals surface area contributed by atoms with Crippen LogP contribution in [0, 0.1) is 12.3 Å². The molecular formula is C5H7N3O2S. The lowest BCUT2D eigenvalue weighted by Gasteiger charge is -2.04. The maximum atomic E-state index is 10.5. The van der Waals surface area contributed by atoms with Crippen LogP contribution in [0.4, 0.5) is 0 Å². The second-order valence-corrected chi connectivity index (χ2v) is 2.68. The van der Waals surface area contributed by atoms with Crippen LogP contribution in [0.3, 0.4) is 0 Å². The number of hydrogen-bond donors (Lipinski definition) is 2. The summed E-state index contributed by atoms with van der Waals surface area (Å²) in [6.45, 7) is 0. The summed E-state index contributed by atoms with van der Waals surface area (Å²) in [6.07, 6.45) is 5.34. The molecule has 0 saturated carbocycles. The van der Waals surface area contributed by atoms with Crippen molar-refractivity contribution in [2.45, 2.75) is 12.5 Å². The maximum Gasteiger partial charge on any atom is 0.309 e. The van der Waals surface area contributed by atoms with Gasteiger partial charge in [-0.25, -0.2) is 9.69 Å². The molecule has 0 saturated heterocycles. The summed E-state index contributed by atoms with van der Waals surface area (Å²) in [7, 11) is 0. The Morgan fingerprint density at radius 3 is 3.18 bits per heavy atom. The fraction of sp³-hybridized carbons (Fsp3) is 0.400. The molecule has 1 rings (SSSR count). The zero-order valence-electron chi connectivity index (χ0n) is 5.61. The molecule has 0 aliphatic carbocycles. The summed E-state index contributed by atoms with van der Waals surface area (Å²) >= 11 is -1.65. The lowest BCUT2D eigenvalue weighted by atomic mass is 10.2. The summed E-state index contributed by atoms with van der Waals surface area (Å²) in [6, 6.07) is -0.425. The number of rotatable bonds is 2. The normalized spacial score (nSPS) is 25.1. The Kier molecular flexibility index (Phi) is 2.59. The molecule has 1 heterocycles. The van der Waals surface area contributed by atoms with E-state index in [2.05, 4.69) is 20.1 Å². The standard InChI is InChI=1S/C5H7N3O2S/c1-2-3-4(6)5-7-10-11(9)8-5/h1,4H,3,6H2,(H,7,8)/t4-,11?/m0/s1. The lowest BCUT2D eigenvalue weighted by molar-refractivity contribution is 0.301. The van der Waals surface area contributed by atoms with E-state index < -0.39 is 17.3 Å². The Morgan fingerprint density at radius 2 is 2.73 bits per heavy atom. The molecule has 5 nitrogen and oxygen atoms in total. The third-order valence-electron chi connectivity index (χ3n) is 1.08. The van der Waals surface area contributed by atoms with E-state index in [0.717, 1.165) is 0 Å². The van der Waals surface area contributed by atoms with E-state index in [0.29, 0.717) is 12.3 Å². The van der Waals surface area contributed by atoms with Crippen LogP contribution in [0.1, 0.15) is 6.42 Å². The van der Waals surface area contributed by atoms with Gasteiger partial charge in [-0.3, -0.25) is 0 Å².